The Balaban J connectivity index is 2.13. The number of rotatable bonds is 4. The number of benzene rings is 1. The molecule has 18 heavy (non-hydrogen) atoms. The molecule has 100 valence electrons. The van der Waals surface area contributed by atoms with E-state index >= 15 is 0 Å². The predicted molar refractivity (Wildman–Crippen MR) is 72.3 cm³/mol. The first kappa shape index (κ1) is 13.4. The molecule has 1 fully saturated rings. The van der Waals surface area contributed by atoms with Crippen LogP contribution in [-0.2, 0) is 16.4 Å². The average molecular weight is 269 g/mol. The van der Waals surface area contributed by atoms with Gasteiger partial charge in [-0.2, -0.15) is 0 Å². The summed E-state index contributed by atoms with van der Waals surface area (Å²) in [7, 11) is -3.00. The van der Waals surface area contributed by atoms with Gasteiger partial charge in [-0.1, -0.05) is 12.1 Å². The molecule has 0 radical (unpaired) electrons. The maximum atomic E-state index is 11.7. The van der Waals surface area contributed by atoms with Crippen LogP contribution in [0, 0.1) is 0 Å². The van der Waals surface area contributed by atoms with Crippen molar-refractivity contribution in [1.29, 1.82) is 0 Å². The van der Waals surface area contributed by atoms with Gasteiger partial charge in [0.05, 0.1) is 11.9 Å². The van der Waals surface area contributed by atoms with Gasteiger partial charge in [0.1, 0.15) is 0 Å². The Morgan fingerprint density at radius 1 is 1.39 bits per heavy atom. The lowest BCUT2D eigenvalue weighted by Gasteiger charge is -2.21. The number of aliphatic hydroxyl groups is 1. The molecule has 0 aromatic heterocycles. The van der Waals surface area contributed by atoms with Gasteiger partial charge in [-0.3, -0.25) is 0 Å². The molecule has 1 aliphatic carbocycles. The zero-order valence-corrected chi connectivity index (χ0v) is 11.3. The van der Waals surface area contributed by atoms with Crippen LogP contribution in [0.15, 0.2) is 24.3 Å². The Morgan fingerprint density at radius 3 is 2.83 bits per heavy atom. The highest BCUT2D eigenvalue weighted by atomic mass is 32.2. The lowest BCUT2D eigenvalue weighted by Crippen LogP contribution is -2.34. The Bertz CT molecular complexity index is 513. The second-order valence-electron chi connectivity index (χ2n) is 4.91. The Labute approximate surface area is 108 Å². The van der Waals surface area contributed by atoms with Crippen LogP contribution in [0.4, 0.5) is 5.69 Å². The summed E-state index contributed by atoms with van der Waals surface area (Å²) in [6.45, 7) is -0.00427. The van der Waals surface area contributed by atoms with Gasteiger partial charge < -0.3 is 10.4 Å². The monoisotopic (exact) mass is 269 g/mol. The van der Waals surface area contributed by atoms with Crippen molar-refractivity contribution in [3.63, 3.8) is 0 Å². The number of hydrogen-bond donors (Lipinski definition) is 2. The van der Waals surface area contributed by atoms with E-state index < -0.39 is 9.84 Å². The molecule has 0 amide bonds. The number of nitrogens with one attached hydrogen (secondary N) is 1. The molecule has 1 aliphatic rings. The van der Waals surface area contributed by atoms with E-state index in [1.165, 1.54) is 6.26 Å². The summed E-state index contributed by atoms with van der Waals surface area (Å²) in [4.78, 5) is 0. The van der Waals surface area contributed by atoms with Crippen molar-refractivity contribution in [3.05, 3.63) is 29.8 Å². The average Bonchev–Trinajstić information content (AvgIpc) is 2.77. The van der Waals surface area contributed by atoms with Gasteiger partial charge in [-0.15, -0.1) is 0 Å². The van der Waals surface area contributed by atoms with Crippen molar-refractivity contribution < 1.29 is 13.5 Å². The van der Waals surface area contributed by atoms with Gasteiger partial charge in [0.25, 0.3) is 0 Å². The third kappa shape index (κ3) is 3.03. The van der Waals surface area contributed by atoms with Crippen LogP contribution in [0.3, 0.4) is 0 Å². The standard InChI is InChI=1S/C13H19NO3S/c1-18(16,17)13-7-3-6-12(13)14-11-5-2-4-10(8-11)9-15/h2,4-5,8,12-15H,3,6-7,9H2,1H3. The van der Waals surface area contributed by atoms with Crippen LogP contribution in [0.1, 0.15) is 24.8 Å². The van der Waals surface area contributed by atoms with Crippen molar-refractivity contribution in [2.75, 3.05) is 11.6 Å². The molecule has 0 aliphatic heterocycles. The molecular formula is C13H19NO3S. The SMILES string of the molecule is CS(=O)(=O)C1CCCC1Nc1cccc(CO)c1. The lowest BCUT2D eigenvalue weighted by atomic mass is 10.2. The minimum atomic E-state index is -3.00. The molecule has 4 nitrogen and oxygen atoms in total. The second-order valence-corrected chi connectivity index (χ2v) is 7.17. The Hall–Kier alpha value is -1.07. The maximum absolute atomic E-state index is 11.7. The van der Waals surface area contributed by atoms with Crippen molar-refractivity contribution >= 4 is 15.5 Å². The highest BCUT2D eigenvalue weighted by Gasteiger charge is 2.34. The van der Waals surface area contributed by atoms with Gasteiger partial charge in [0.2, 0.25) is 0 Å². The maximum Gasteiger partial charge on any atom is 0.152 e. The molecule has 2 N–H and O–H groups in total. The van der Waals surface area contributed by atoms with Crippen LogP contribution < -0.4 is 5.32 Å². The van der Waals surface area contributed by atoms with Crippen LogP contribution in [0.2, 0.25) is 0 Å². The number of aliphatic hydroxyl groups excluding tert-OH is 1. The molecule has 1 aromatic carbocycles. The van der Waals surface area contributed by atoms with Crippen LogP contribution in [0.25, 0.3) is 0 Å². The van der Waals surface area contributed by atoms with E-state index in [-0.39, 0.29) is 17.9 Å². The smallest absolute Gasteiger partial charge is 0.152 e. The van der Waals surface area contributed by atoms with E-state index in [0.29, 0.717) is 0 Å². The third-order valence-electron chi connectivity index (χ3n) is 3.46. The quantitative estimate of drug-likeness (QED) is 0.870. The largest absolute Gasteiger partial charge is 0.392 e. The van der Waals surface area contributed by atoms with Crippen LogP contribution in [0.5, 0.6) is 0 Å². The molecule has 2 rings (SSSR count). The Kier molecular flexibility index (Phi) is 3.92. The minimum Gasteiger partial charge on any atom is -0.392 e. The number of sulfone groups is 1. The summed E-state index contributed by atoms with van der Waals surface area (Å²) in [5.41, 5.74) is 1.70. The molecule has 2 atom stereocenters. The molecule has 0 spiro atoms. The van der Waals surface area contributed by atoms with E-state index in [1.807, 2.05) is 24.3 Å². The van der Waals surface area contributed by atoms with Gasteiger partial charge in [0, 0.05) is 18.0 Å². The van der Waals surface area contributed by atoms with Crippen molar-refractivity contribution in [3.8, 4) is 0 Å². The summed E-state index contributed by atoms with van der Waals surface area (Å²) >= 11 is 0. The first-order chi connectivity index (χ1) is 8.50. The first-order valence-electron chi connectivity index (χ1n) is 6.16. The number of hydrogen-bond acceptors (Lipinski definition) is 4. The Morgan fingerprint density at radius 2 is 2.17 bits per heavy atom. The third-order valence-corrected chi connectivity index (χ3v) is 5.13. The molecule has 0 saturated heterocycles. The van der Waals surface area contributed by atoms with E-state index in [2.05, 4.69) is 5.32 Å². The summed E-state index contributed by atoms with van der Waals surface area (Å²) in [5, 5.41) is 12.1. The summed E-state index contributed by atoms with van der Waals surface area (Å²) < 4.78 is 23.4. The summed E-state index contributed by atoms with van der Waals surface area (Å²) in [6.07, 6.45) is 3.86. The molecule has 0 bridgehead atoms. The van der Waals surface area contributed by atoms with Crippen molar-refractivity contribution in [1.82, 2.24) is 0 Å². The fraction of sp³-hybridized carbons (Fsp3) is 0.538. The second kappa shape index (κ2) is 5.28. The lowest BCUT2D eigenvalue weighted by molar-refractivity contribution is 0.282. The predicted octanol–water partition coefficient (Wildman–Crippen LogP) is 1.56. The van der Waals surface area contributed by atoms with Gasteiger partial charge in [-0.05, 0) is 37.0 Å². The summed E-state index contributed by atoms with van der Waals surface area (Å²) in [6, 6.07) is 7.44. The summed E-state index contributed by atoms with van der Waals surface area (Å²) in [5.74, 6) is 0. The minimum absolute atomic E-state index is 0.00427. The zero-order valence-electron chi connectivity index (χ0n) is 10.5. The van der Waals surface area contributed by atoms with E-state index in [9.17, 15) is 8.42 Å². The fourth-order valence-electron chi connectivity index (χ4n) is 2.58. The van der Waals surface area contributed by atoms with Crippen LogP contribution >= 0.6 is 0 Å². The topological polar surface area (TPSA) is 66.4 Å². The zero-order chi connectivity index (χ0) is 13.2. The molecule has 5 heteroatoms. The van der Waals surface area contributed by atoms with Gasteiger partial charge >= 0.3 is 0 Å². The van der Waals surface area contributed by atoms with E-state index in [4.69, 9.17) is 5.11 Å². The highest BCUT2D eigenvalue weighted by Crippen LogP contribution is 2.28. The van der Waals surface area contributed by atoms with Crippen molar-refractivity contribution in [2.45, 2.75) is 37.2 Å². The van der Waals surface area contributed by atoms with Crippen molar-refractivity contribution in [2.24, 2.45) is 0 Å². The molecule has 2 unspecified atom stereocenters. The van der Waals surface area contributed by atoms with E-state index in [1.54, 1.807) is 0 Å². The molecule has 1 aromatic rings. The molecular weight excluding hydrogens is 250 g/mol. The van der Waals surface area contributed by atoms with E-state index in [0.717, 1.165) is 30.5 Å². The highest BCUT2D eigenvalue weighted by molar-refractivity contribution is 7.91. The van der Waals surface area contributed by atoms with Gasteiger partial charge in [0.15, 0.2) is 9.84 Å². The van der Waals surface area contributed by atoms with Crippen LogP contribution in [-0.4, -0.2) is 31.1 Å². The number of anilines is 1. The normalized spacial score (nSPS) is 24.1. The molecule has 1 saturated carbocycles. The first-order valence-corrected chi connectivity index (χ1v) is 8.11. The molecule has 0 heterocycles. The van der Waals surface area contributed by atoms with Gasteiger partial charge in [-0.25, -0.2) is 8.42 Å². The fourth-order valence-corrected chi connectivity index (χ4v) is 3.97.